The number of alkyl halides is 2. The Labute approximate surface area is 179 Å². The molecule has 0 saturated heterocycles. The highest BCUT2D eigenvalue weighted by atomic mass is 19.3. The summed E-state index contributed by atoms with van der Waals surface area (Å²) >= 11 is 0. The van der Waals surface area contributed by atoms with Crippen molar-refractivity contribution in [3.63, 3.8) is 0 Å². The van der Waals surface area contributed by atoms with Gasteiger partial charge in [0.05, 0.1) is 25.2 Å². The van der Waals surface area contributed by atoms with Gasteiger partial charge in [-0.3, -0.25) is 9.36 Å². The fraction of sp³-hybridized carbons (Fsp3) is 0.667. The molecule has 2 saturated carbocycles. The molecule has 1 unspecified atom stereocenters. The number of ether oxygens (including phenoxy) is 3. The van der Waals surface area contributed by atoms with E-state index < -0.39 is 11.8 Å². The standard InChI is InChI=1S/C21H28F2N4O4/c1-12(24-13(2)28)9-29-16-6-14(7-16)10-30-18-5-4-17-19(26-18)27(3)20(25-17)31-11-15-8-21(15,22)23/h4-5,12,14-16H,6-11H2,1-3H3,(H,24,28)/t12-,14-,15?,16-/m0/s1. The fourth-order valence-corrected chi connectivity index (χ4v) is 3.68. The maximum atomic E-state index is 13.0. The highest BCUT2D eigenvalue weighted by Crippen LogP contribution is 2.48. The molecule has 170 valence electrons. The molecule has 10 heteroatoms. The summed E-state index contributed by atoms with van der Waals surface area (Å²) in [5.41, 5.74) is 1.20. The van der Waals surface area contributed by atoms with Crippen LogP contribution in [0.3, 0.4) is 0 Å². The van der Waals surface area contributed by atoms with E-state index in [1.54, 1.807) is 23.7 Å². The molecule has 2 aromatic rings. The Kier molecular flexibility index (Phi) is 6.00. The molecule has 2 aliphatic rings. The summed E-state index contributed by atoms with van der Waals surface area (Å²) < 4.78 is 44.8. The van der Waals surface area contributed by atoms with E-state index in [-0.39, 0.29) is 37.1 Å². The number of fused-ring (bicyclic) bond motifs is 1. The van der Waals surface area contributed by atoms with Gasteiger partial charge in [0.1, 0.15) is 12.1 Å². The maximum Gasteiger partial charge on any atom is 0.298 e. The summed E-state index contributed by atoms with van der Waals surface area (Å²) in [7, 11) is 1.74. The second-order valence-corrected chi connectivity index (χ2v) is 8.62. The van der Waals surface area contributed by atoms with Crippen LogP contribution in [0.15, 0.2) is 12.1 Å². The van der Waals surface area contributed by atoms with Crippen LogP contribution in [0.4, 0.5) is 8.78 Å². The van der Waals surface area contributed by atoms with Gasteiger partial charge in [0.25, 0.3) is 11.9 Å². The number of rotatable bonds is 10. The first-order valence-corrected chi connectivity index (χ1v) is 10.6. The third-order valence-corrected chi connectivity index (χ3v) is 5.71. The van der Waals surface area contributed by atoms with Crippen LogP contribution in [-0.2, 0) is 16.6 Å². The molecule has 2 aliphatic carbocycles. The molecular weight excluding hydrogens is 410 g/mol. The van der Waals surface area contributed by atoms with E-state index in [4.69, 9.17) is 14.2 Å². The number of nitrogens with one attached hydrogen (secondary N) is 1. The number of carbonyl (C=O) groups excluding carboxylic acids is 1. The average molecular weight is 438 g/mol. The molecule has 1 N–H and O–H groups in total. The van der Waals surface area contributed by atoms with Gasteiger partial charge in [-0.15, -0.1) is 0 Å². The first kappa shape index (κ1) is 21.7. The quantitative estimate of drug-likeness (QED) is 0.614. The smallest absolute Gasteiger partial charge is 0.298 e. The minimum atomic E-state index is -2.61. The Balaban J connectivity index is 1.22. The Morgan fingerprint density at radius 2 is 2.03 bits per heavy atom. The summed E-state index contributed by atoms with van der Waals surface area (Å²) in [6, 6.07) is 3.80. The van der Waals surface area contributed by atoms with Crippen LogP contribution in [0.1, 0.15) is 33.1 Å². The molecule has 4 rings (SSSR count). The van der Waals surface area contributed by atoms with Crippen molar-refractivity contribution < 1.29 is 27.8 Å². The molecule has 2 heterocycles. The highest BCUT2D eigenvalue weighted by Gasteiger charge is 2.57. The van der Waals surface area contributed by atoms with Gasteiger partial charge < -0.3 is 19.5 Å². The third-order valence-electron chi connectivity index (χ3n) is 5.71. The minimum absolute atomic E-state index is 0.00254. The Bertz CT molecular complexity index is 945. The highest BCUT2D eigenvalue weighted by molar-refractivity contribution is 5.73. The number of imidazole rings is 1. The number of amides is 1. The molecule has 0 spiro atoms. The summed E-state index contributed by atoms with van der Waals surface area (Å²) in [5.74, 6) is -2.53. The topological polar surface area (TPSA) is 87.5 Å². The molecule has 2 aromatic heterocycles. The van der Waals surface area contributed by atoms with E-state index in [0.717, 1.165) is 12.8 Å². The Morgan fingerprint density at radius 3 is 2.71 bits per heavy atom. The van der Waals surface area contributed by atoms with Crippen LogP contribution >= 0.6 is 0 Å². The number of pyridine rings is 1. The van der Waals surface area contributed by atoms with Gasteiger partial charge in [-0.2, -0.15) is 9.97 Å². The van der Waals surface area contributed by atoms with Gasteiger partial charge in [0.15, 0.2) is 5.65 Å². The second kappa shape index (κ2) is 8.57. The summed E-state index contributed by atoms with van der Waals surface area (Å²) in [6.45, 7) is 4.39. The van der Waals surface area contributed by atoms with Crippen molar-refractivity contribution in [2.24, 2.45) is 18.9 Å². The van der Waals surface area contributed by atoms with Crippen molar-refractivity contribution in [2.45, 2.75) is 51.2 Å². The molecule has 2 atom stereocenters. The lowest BCUT2D eigenvalue weighted by Crippen LogP contribution is -2.40. The average Bonchev–Trinajstić information content (AvgIpc) is 3.16. The molecule has 0 bridgehead atoms. The Hall–Kier alpha value is -2.49. The number of nitrogens with zero attached hydrogens (tertiary/aromatic N) is 3. The van der Waals surface area contributed by atoms with Crippen LogP contribution < -0.4 is 14.8 Å². The first-order valence-electron chi connectivity index (χ1n) is 10.6. The number of halogens is 2. The van der Waals surface area contributed by atoms with Gasteiger partial charge in [-0.25, -0.2) is 8.78 Å². The second-order valence-electron chi connectivity index (χ2n) is 8.62. The number of hydrogen-bond donors (Lipinski definition) is 1. The number of hydrogen-bond acceptors (Lipinski definition) is 6. The van der Waals surface area contributed by atoms with Crippen molar-refractivity contribution in [3.05, 3.63) is 12.1 Å². The van der Waals surface area contributed by atoms with Gasteiger partial charge in [-0.1, -0.05) is 0 Å². The minimum Gasteiger partial charge on any atom is -0.477 e. The summed E-state index contributed by atoms with van der Waals surface area (Å²) in [5, 5.41) is 2.80. The summed E-state index contributed by atoms with van der Waals surface area (Å²) in [4.78, 5) is 19.8. The largest absolute Gasteiger partial charge is 0.477 e. The monoisotopic (exact) mass is 438 g/mol. The van der Waals surface area contributed by atoms with Crippen molar-refractivity contribution >= 4 is 17.1 Å². The molecule has 31 heavy (non-hydrogen) atoms. The lowest BCUT2D eigenvalue weighted by Gasteiger charge is -2.35. The SMILES string of the molecule is CC(=O)N[C@@H](C)CO[C@H]1C[C@H](COc2ccc3nc(OCC4CC4(F)F)n(C)c3n2)C1. The predicted molar refractivity (Wildman–Crippen MR) is 108 cm³/mol. The van der Waals surface area contributed by atoms with Crippen LogP contribution in [0.25, 0.3) is 11.2 Å². The van der Waals surface area contributed by atoms with E-state index in [0.29, 0.717) is 36.2 Å². The lowest BCUT2D eigenvalue weighted by molar-refractivity contribution is -0.120. The van der Waals surface area contributed by atoms with Crippen molar-refractivity contribution in [3.8, 4) is 11.9 Å². The molecule has 1 amide bonds. The van der Waals surface area contributed by atoms with E-state index in [1.807, 2.05) is 6.92 Å². The van der Waals surface area contributed by atoms with Crippen LogP contribution in [-0.4, -0.2) is 58.3 Å². The van der Waals surface area contributed by atoms with E-state index in [9.17, 15) is 13.6 Å². The van der Waals surface area contributed by atoms with Gasteiger partial charge in [-0.05, 0) is 31.7 Å². The maximum absolute atomic E-state index is 13.0. The molecule has 0 aliphatic heterocycles. The number of carbonyl (C=O) groups is 1. The van der Waals surface area contributed by atoms with Gasteiger partial charge in [0.2, 0.25) is 11.8 Å². The zero-order chi connectivity index (χ0) is 22.2. The van der Waals surface area contributed by atoms with Gasteiger partial charge in [0, 0.05) is 32.5 Å². The zero-order valence-corrected chi connectivity index (χ0v) is 17.9. The molecule has 8 nitrogen and oxygen atoms in total. The van der Waals surface area contributed by atoms with Crippen LogP contribution in [0, 0.1) is 11.8 Å². The first-order chi connectivity index (χ1) is 14.7. The Morgan fingerprint density at radius 1 is 1.29 bits per heavy atom. The van der Waals surface area contributed by atoms with E-state index in [1.165, 1.54) is 6.92 Å². The van der Waals surface area contributed by atoms with Crippen LogP contribution in [0.2, 0.25) is 0 Å². The van der Waals surface area contributed by atoms with Crippen molar-refractivity contribution in [1.82, 2.24) is 19.9 Å². The normalized spacial score (nSPS) is 25.0. The third kappa shape index (κ3) is 5.23. The van der Waals surface area contributed by atoms with E-state index >= 15 is 0 Å². The van der Waals surface area contributed by atoms with Gasteiger partial charge >= 0.3 is 0 Å². The number of aryl methyl sites for hydroxylation is 1. The number of aromatic nitrogens is 3. The molecule has 0 aromatic carbocycles. The lowest BCUT2D eigenvalue weighted by atomic mass is 9.83. The molecule has 2 fully saturated rings. The zero-order valence-electron chi connectivity index (χ0n) is 17.9. The summed E-state index contributed by atoms with van der Waals surface area (Å²) in [6.07, 6.45) is 1.87. The predicted octanol–water partition coefficient (Wildman–Crippen LogP) is 2.70. The molecular formula is C21H28F2N4O4. The van der Waals surface area contributed by atoms with Crippen molar-refractivity contribution in [1.29, 1.82) is 0 Å². The molecule has 0 radical (unpaired) electrons. The van der Waals surface area contributed by atoms with Crippen molar-refractivity contribution in [2.75, 3.05) is 19.8 Å². The van der Waals surface area contributed by atoms with Crippen LogP contribution in [0.5, 0.6) is 11.9 Å². The fourth-order valence-electron chi connectivity index (χ4n) is 3.68. The van der Waals surface area contributed by atoms with E-state index in [2.05, 4.69) is 15.3 Å².